The van der Waals surface area contributed by atoms with Crippen LogP contribution >= 0.6 is 0 Å². The molecule has 0 aliphatic carbocycles. The number of nitrogens with one attached hydrogen (secondary N) is 1. The molecule has 1 fully saturated rings. The van der Waals surface area contributed by atoms with E-state index in [4.69, 9.17) is 0 Å². The number of imidazole rings is 1. The van der Waals surface area contributed by atoms with Gasteiger partial charge in [-0.15, -0.1) is 13.2 Å². The highest BCUT2D eigenvalue weighted by molar-refractivity contribution is 7.89. The normalized spacial score (nSPS) is 18.8. The largest absolute Gasteiger partial charge is 0.573 e. The Bertz CT molecular complexity index is 1340. The first-order valence-electron chi connectivity index (χ1n) is 10.8. The fourth-order valence-corrected chi connectivity index (χ4v) is 5.56. The van der Waals surface area contributed by atoms with Crippen molar-refractivity contribution in [3.63, 3.8) is 0 Å². The molecule has 1 N–H and O–H groups in total. The van der Waals surface area contributed by atoms with Crippen LogP contribution in [-0.4, -0.2) is 47.6 Å². The zero-order chi connectivity index (χ0) is 26.1. The molecular formula is C23H22F4N4O4S. The van der Waals surface area contributed by atoms with Crippen LogP contribution in [0.2, 0.25) is 0 Å². The van der Waals surface area contributed by atoms with Crippen LogP contribution in [0.25, 0.3) is 0 Å². The quantitative estimate of drug-likeness (QED) is 0.478. The number of hydrogen-bond donors (Lipinski definition) is 1. The predicted octanol–water partition coefficient (Wildman–Crippen LogP) is 3.18. The first-order valence-corrected chi connectivity index (χ1v) is 12.2. The van der Waals surface area contributed by atoms with Crippen molar-refractivity contribution in [2.24, 2.45) is 13.0 Å². The topological polar surface area (TPSA) is 93.5 Å². The molecule has 13 heteroatoms. The molecule has 8 nitrogen and oxygen atoms in total. The Morgan fingerprint density at radius 3 is 2.53 bits per heavy atom. The van der Waals surface area contributed by atoms with Gasteiger partial charge < -0.3 is 14.6 Å². The smallest absolute Gasteiger partial charge is 0.406 e. The van der Waals surface area contributed by atoms with E-state index in [2.05, 4.69) is 15.0 Å². The number of sulfonamides is 1. The molecule has 1 aliphatic heterocycles. The number of aromatic nitrogens is 2. The molecule has 192 valence electrons. The number of benzene rings is 2. The van der Waals surface area contributed by atoms with Crippen LogP contribution in [-0.2, 0) is 28.4 Å². The van der Waals surface area contributed by atoms with Crippen molar-refractivity contribution in [1.29, 1.82) is 0 Å². The molecule has 2 aromatic carbocycles. The summed E-state index contributed by atoms with van der Waals surface area (Å²) in [4.78, 5) is 17.1. The lowest BCUT2D eigenvalue weighted by Crippen LogP contribution is -2.35. The Labute approximate surface area is 204 Å². The van der Waals surface area contributed by atoms with E-state index in [1.165, 1.54) is 53.5 Å². The first kappa shape index (κ1) is 25.6. The number of carbonyl (C=O) groups is 1. The monoisotopic (exact) mass is 526 g/mol. The van der Waals surface area contributed by atoms with Crippen molar-refractivity contribution in [2.45, 2.75) is 23.9 Å². The highest BCUT2D eigenvalue weighted by Gasteiger charge is 2.44. The summed E-state index contributed by atoms with van der Waals surface area (Å²) in [6.45, 7) is -0.283. The van der Waals surface area contributed by atoms with Crippen LogP contribution < -0.4 is 10.1 Å². The number of nitrogens with zero attached hydrogens (tertiary/aromatic N) is 3. The molecule has 0 bridgehead atoms. The zero-order valence-electron chi connectivity index (χ0n) is 18.9. The first-order chi connectivity index (χ1) is 16.9. The summed E-state index contributed by atoms with van der Waals surface area (Å²) in [6, 6.07) is 10.6. The number of alkyl halides is 3. The van der Waals surface area contributed by atoms with Gasteiger partial charge in [0, 0.05) is 38.8 Å². The van der Waals surface area contributed by atoms with E-state index >= 15 is 0 Å². The molecule has 0 unspecified atom stereocenters. The lowest BCUT2D eigenvalue weighted by Gasteiger charge is -2.18. The van der Waals surface area contributed by atoms with Gasteiger partial charge in [0.25, 0.3) is 10.0 Å². The van der Waals surface area contributed by atoms with Crippen molar-refractivity contribution in [3.8, 4) is 5.75 Å². The third kappa shape index (κ3) is 5.85. The molecule has 36 heavy (non-hydrogen) atoms. The van der Waals surface area contributed by atoms with Gasteiger partial charge in [-0.3, -0.25) is 4.79 Å². The minimum absolute atomic E-state index is 0.0302. The van der Waals surface area contributed by atoms with Crippen molar-refractivity contribution in [2.75, 3.05) is 13.1 Å². The zero-order valence-corrected chi connectivity index (χ0v) is 19.8. The number of ether oxygens (including phenoxy) is 1. The van der Waals surface area contributed by atoms with Crippen molar-refractivity contribution < 1.29 is 35.5 Å². The fraction of sp³-hybridized carbons (Fsp3) is 0.304. The summed E-state index contributed by atoms with van der Waals surface area (Å²) in [5.41, 5.74) is 0.940. The average Bonchev–Trinajstić information content (AvgIpc) is 3.45. The molecule has 0 spiro atoms. The number of hydrogen-bond acceptors (Lipinski definition) is 5. The van der Waals surface area contributed by atoms with Gasteiger partial charge in [-0.1, -0.05) is 24.3 Å². The van der Waals surface area contributed by atoms with Gasteiger partial charge in [-0.05, 0) is 35.4 Å². The van der Waals surface area contributed by atoms with Gasteiger partial charge in [0.05, 0.1) is 12.2 Å². The van der Waals surface area contributed by atoms with Gasteiger partial charge >= 0.3 is 6.36 Å². The van der Waals surface area contributed by atoms with E-state index in [9.17, 15) is 30.8 Å². The SMILES string of the molecule is Cn1cnc(S(=O)(=O)N2C[C@H](C(=O)NCc3cccc(OC(F)(F)F)c3)[C@@H](c3ccc(F)cc3)C2)c1. The van der Waals surface area contributed by atoms with E-state index in [-0.39, 0.29) is 24.7 Å². The maximum Gasteiger partial charge on any atom is 0.573 e. The molecule has 1 aromatic heterocycles. The van der Waals surface area contributed by atoms with Gasteiger partial charge in [0.15, 0.2) is 5.03 Å². The molecule has 1 saturated heterocycles. The van der Waals surface area contributed by atoms with Crippen LogP contribution in [0.5, 0.6) is 5.75 Å². The van der Waals surface area contributed by atoms with Gasteiger partial charge in [-0.25, -0.2) is 17.8 Å². The second kappa shape index (κ2) is 9.90. The second-order valence-electron chi connectivity index (χ2n) is 8.38. The molecule has 0 radical (unpaired) electrons. The predicted molar refractivity (Wildman–Crippen MR) is 120 cm³/mol. The summed E-state index contributed by atoms with van der Waals surface area (Å²) < 4.78 is 83.8. The Morgan fingerprint density at radius 2 is 1.89 bits per heavy atom. The molecule has 2 heterocycles. The maximum atomic E-state index is 13.5. The minimum Gasteiger partial charge on any atom is -0.406 e. The lowest BCUT2D eigenvalue weighted by atomic mass is 9.88. The van der Waals surface area contributed by atoms with Crippen LogP contribution in [0.4, 0.5) is 17.6 Å². The molecule has 2 atom stereocenters. The van der Waals surface area contributed by atoms with E-state index in [1.54, 1.807) is 7.05 Å². The number of halogens is 4. The number of amides is 1. The number of carbonyl (C=O) groups excluding carboxylic acids is 1. The molecular weight excluding hydrogens is 504 g/mol. The summed E-state index contributed by atoms with van der Waals surface area (Å²) in [6.07, 6.45) is -2.15. The number of aryl methyl sites for hydroxylation is 1. The van der Waals surface area contributed by atoms with E-state index < -0.39 is 45.7 Å². The number of rotatable bonds is 7. The highest BCUT2D eigenvalue weighted by atomic mass is 32.2. The minimum atomic E-state index is -4.85. The van der Waals surface area contributed by atoms with Crippen LogP contribution in [0.3, 0.4) is 0 Å². The van der Waals surface area contributed by atoms with Crippen LogP contribution in [0, 0.1) is 11.7 Å². The Morgan fingerprint density at radius 1 is 1.17 bits per heavy atom. The van der Waals surface area contributed by atoms with Crippen LogP contribution in [0.1, 0.15) is 17.0 Å². The van der Waals surface area contributed by atoms with Crippen molar-refractivity contribution >= 4 is 15.9 Å². The Balaban J connectivity index is 1.54. The third-order valence-electron chi connectivity index (χ3n) is 5.81. The van der Waals surface area contributed by atoms with Gasteiger partial charge in [-0.2, -0.15) is 4.31 Å². The van der Waals surface area contributed by atoms with Crippen molar-refractivity contribution in [1.82, 2.24) is 19.2 Å². The van der Waals surface area contributed by atoms with E-state index in [1.807, 2.05) is 0 Å². The molecule has 0 saturated carbocycles. The lowest BCUT2D eigenvalue weighted by molar-refractivity contribution is -0.274. The van der Waals surface area contributed by atoms with E-state index in [0.717, 1.165) is 16.4 Å². The average molecular weight is 527 g/mol. The molecule has 3 aromatic rings. The van der Waals surface area contributed by atoms with E-state index in [0.29, 0.717) is 11.1 Å². The summed E-state index contributed by atoms with van der Waals surface area (Å²) in [5, 5.41) is 2.51. The summed E-state index contributed by atoms with van der Waals surface area (Å²) in [7, 11) is -2.37. The molecule has 4 rings (SSSR count). The molecule has 1 aliphatic rings. The Kier molecular flexibility index (Phi) is 7.05. The maximum absolute atomic E-state index is 13.5. The standard InChI is InChI=1S/C23H22F4N4O4S/c1-30-13-21(29-14-30)36(33,34)31-11-19(16-5-7-17(24)8-6-16)20(12-31)22(32)28-10-15-3-2-4-18(9-15)35-23(25,26)27/h2-9,13-14,19-20H,10-12H2,1H3,(H,28,32)/t19-,20+/m1/s1. The highest BCUT2D eigenvalue weighted by Crippen LogP contribution is 2.36. The third-order valence-corrected chi connectivity index (χ3v) is 7.52. The van der Waals surface area contributed by atoms with Crippen molar-refractivity contribution in [3.05, 3.63) is 78.0 Å². The van der Waals surface area contributed by atoms with Gasteiger partial charge in [0.2, 0.25) is 5.91 Å². The van der Waals surface area contributed by atoms with Gasteiger partial charge in [0.1, 0.15) is 11.6 Å². The van der Waals surface area contributed by atoms with Crippen LogP contribution in [0.15, 0.2) is 66.1 Å². The summed E-state index contributed by atoms with van der Waals surface area (Å²) in [5.74, 6) is -2.80. The summed E-state index contributed by atoms with van der Waals surface area (Å²) >= 11 is 0. The Hall–Kier alpha value is -3.45. The molecule has 1 amide bonds. The second-order valence-corrected chi connectivity index (χ2v) is 10.3. The fourth-order valence-electron chi connectivity index (χ4n) is 4.10.